The highest BCUT2D eigenvalue weighted by Gasteiger charge is 2.09. The fourth-order valence-electron chi connectivity index (χ4n) is 1.53. The van der Waals surface area contributed by atoms with Crippen molar-refractivity contribution in [1.82, 2.24) is 0 Å². The molecule has 6 nitrogen and oxygen atoms in total. The lowest BCUT2D eigenvalue weighted by Gasteiger charge is -1.99. The zero-order valence-corrected chi connectivity index (χ0v) is 8.49. The number of nitrogens with zero attached hydrogens (tertiary/aromatic N) is 2. The molecule has 17 heavy (non-hydrogen) atoms. The summed E-state index contributed by atoms with van der Waals surface area (Å²) in [5, 5.41) is 14.1. The molecule has 0 aromatic heterocycles. The van der Waals surface area contributed by atoms with Gasteiger partial charge in [0.2, 0.25) is 0 Å². The van der Waals surface area contributed by atoms with Crippen LogP contribution in [-0.4, -0.2) is 10.8 Å². The van der Waals surface area contributed by atoms with E-state index in [1.807, 2.05) is 0 Å². The fraction of sp³-hybridized carbons (Fsp3) is 0. The SMILES string of the molecule is O=NC(=O)c1ccc2cc([N+](=O)[O-])ccc2c1. The Kier molecular flexibility index (Phi) is 2.61. The molecular formula is C11H6N2O4. The topological polar surface area (TPSA) is 89.6 Å². The van der Waals surface area contributed by atoms with Crippen LogP contribution in [-0.2, 0) is 0 Å². The maximum Gasteiger partial charge on any atom is 0.316 e. The third kappa shape index (κ3) is 2.00. The highest BCUT2D eigenvalue weighted by molar-refractivity contribution is 5.99. The standard InChI is InChI=1S/C11H6N2O4/c14-11(12-15)9-2-1-8-6-10(13(16)17)4-3-7(8)5-9/h1-6H. The predicted molar refractivity (Wildman–Crippen MR) is 60.7 cm³/mol. The smallest absolute Gasteiger partial charge is 0.263 e. The molecule has 0 saturated heterocycles. The minimum absolute atomic E-state index is 0.0231. The van der Waals surface area contributed by atoms with E-state index in [1.165, 1.54) is 30.3 Å². The molecule has 2 aromatic carbocycles. The number of nitro benzene ring substituents is 1. The third-order valence-corrected chi connectivity index (χ3v) is 2.36. The van der Waals surface area contributed by atoms with Crippen molar-refractivity contribution in [2.75, 3.05) is 0 Å². The highest BCUT2D eigenvalue weighted by atomic mass is 16.6. The molecule has 84 valence electrons. The molecule has 0 fully saturated rings. The van der Waals surface area contributed by atoms with Crippen LogP contribution in [0.2, 0.25) is 0 Å². The quantitative estimate of drug-likeness (QED) is 0.450. The van der Waals surface area contributed by atoms with E-state index in [0.29, 0.717) is 10.8 Å². The average molecular weight is 230 g/mol. The number of carbonyl (C=O) groups excluding carboxylic acids is 1. The summed E-state index contributed by atoms with van der Waals surface area (Å²) in [6.45, 7) is 0. The number of hydrogen-bond acceptors (Lipinski definition) is 4. The van der Waals surface area contributed by atoms with Crippen molar-refractivity contribution in [3.8, 4) is 0 Å². The van der Waals surface area contributed by atoms with Gasteiger partial charge in [-0.15, -0.1) is 4.91 Å². The van der Waals surface area contributed by atoms with Crippen LogP contribution in [0.25, 0.3) is 10.8 Å². The first kappa shape index (κ1) is 10.9. The maximum atomic E-state index is 11.0. The van der Waals surface area contributed by atoms with Crippen molar-refractivity contribution in [2.24, 2.45) is 5.18 Å². The van der Waals surface area contributed by atoms with E-state index in [4.69, 9.17) is 0 Å². The fourth-order valence-corrected chi connectivity index (χ4v) is 1.53. The van der Waals surface area contributed by atoms with Crippen molar-refractivity contribution in [2.45, 2.75) is 0 Å². The number of fused-ring (bicyclic) bond motifs is 1. The number of nitroso groups, excluding NO2 is 1. The molecule has 0 bridgehead atoms. The lowest BCUT2D eigenvalue weighted by atomic mass is 10.1. The van der Waals surface area contributed by atoms with Crippen molar-refractivity contribution >= 4 is 22.4 Å². The van der Waals surface area contributed by atoms with Gasteiger partial charge in [0.05, 0.1) is 4.92 Å². The van der Waals surface area contributed by atoms with E-state index >= 15 is 0 Å². The molecule has 0 aliphatic carbocycles. The van der Waals surface area contributed by atoms with Gasteiger partial charge < -0.3 is 0 Å². The molecule has 0 saturated carbocycles. The van der Waals surface area contributed by atoms with Crippen molar-refractivity contribution in [1.29, 1.82) is 0 Å². The first-order valence-corrected chi connectivity index (χ1v) is 4.68. The second kappa shape index (κ2) is 4.09. The van der Waals surface area contributed by atoms with Gasteiger partial charge in [0.15, 0.2) is 0 Å². The number of amides is 1. The van der Waals surface area contributed by atoms with E-state index in [0.717, 1.165) is 0 Å². The molecule has 1 amide bonds. The Hall–Kier alpha value is -2.63. The average Bonchev–Trinajstić information content (AvgIpc) is 2.36. The Morgan fingerprint density at radius 3 is 2.41 bits per heavy atom. The molecule has 0 radical (unpaired) electrons. The van der Waals surface area contributed by atoms with E-state index < -0.39 is 10.8 Å². The summed E-state index contributed by atoms with van der Waals surface area (Å²) in [5.41, 5.74) is 0.145. The molecule has 2 rings (SSSR count). The minimum Gasteiger partial charge on any atom is -0.263 e. The lowest BCUT2D eigenvalue weighted by Crippen LogP contribution is -1.93. The molecular weight excluding hydrogens is 224 g/mol. The van der Waals surface area contributed by atoms with E-state index in [1.54, 1.807) is 6.07 Å². The van der Waals surface area contributed by atoms with E-state index in [-0.39, 0.29) is 11.3 Å². The van der Waals surface area contributed by atoms with Gasteiger partial charge in [0.1, 0.15) is 0 Å². The summed E-state index contributed by atoms with van der Waals surface area (Å²) in [7, 11) is 0. The van der Waals surface area contributed by atoms with Crippen LogP contribution in [0.1, 0.15) is 10.4 Å². The molecule has 0 aliphatic rings. The first-order chi connectivity index (χ1) is 8.11. The molecule has 0 unspecified atom stereocenters. The summed E-state index contributed by atoms with van der Waals surface area (Å²) in [6, 6.07) is 8.69. The first-order valence-electron chi connectivity index (χ1n) is 4.68. The van der Waals surface area contributed by atoms with Crippen molar-refractivity contribution in [3.63, 3.8) is 0 Å². The van der Waals surface area contributed by atoms with Gasteiger partial charge in [0, 0.05) is 22.9 Å². The number of rotatable bonds is 2. The minimum atomic E-state index is -0.856. The summed E-state index contributed by atoms with van der Waals surface area (Å²) in [6.07, 6.45) is 0. The molecule has 6 heteroatoms. The summed E-state index contributed by atoms with van der Waals surface area (Å²) < 4.78 is 0. The molecule has 0 N–H and O–H groups in total. The van der Waals surface area contributed by atoms with Gasteiger partial charge in [0.25, 0.3) is 5.69 Å². The van der Waals surface area contributed by atoms with Crippen LogP contribution in [0.5, 0.6) is 0 Å². The third-order valence-electron chi connectivity index (χ3n) is 2.36. The maximum absolute atomic E-state index is 11.0. The Morgan fingerprint density at radius 2 is 1.76 bits per heavy atom. The summed E-state index contributed by atoms with van der Waals surface area (Å²) >= 11 is 0. The monoisotopic (exact) mass is 230 g/mol. The van der Waals surface area contributed by atoms with E-state index in [2.05, 4.69) is 5.18 Å². The number of non-ortho nitro benzene ring substituents is 1. The number of nitro groups is 1. The molecule has 0 heterocycles. The molecule has 0 aliphatic heterocycles. The number of carbonyl (C=O) groups is 1. The zero-order valence-electron chi connectivity index (χ0n) is 8.49. The Labute approximate surface area is 95.0 Å². The van der Waals surface area contributed by atoms with Gasteiger partial charge in [-0.3, -0.25) is 14.9 Å². The summed E-state index contributed by atoms with van der Waals surface area (Å²) in [5.74, 6) is -0.856. The Morgan fingerprint density at radius 1 is 1.12 bits per heavy atom. The van der Waals surface area contributed by atoms with Crippen LogP contribution in [0, 0.1) is 15.0 Å². The van der Waals surface area contributed by atoms with Crippen LogP contribution < -0.4 is 0 Å². The summed E-state index contributed by atoms with van der Waals surface area (Å²) in [4.78, 5) is 31.2. The van der Waals surface area contributed by atoms with E-state index in [9.17, 15) is 19.8 Å². The lowest BCUT2D eigenvalue weighted by molar-refractivity contribution is -0.384. The Balaban J connectivity index is 2.57. The van der Waals surface area contributed by atoms with Gasteiger partial charge in [-0.05, 0) is 29.0 Å². The normalized spacial score (nSPS) is 10.1. The van der Waals surface area contributed by atoms with Crippen LogP contribution in [0.4, 0.5) is 5.69 Å². The highest BCUT2D eigenvalue weighted by Crippen LogP contribution is 2.22. The number of hydrogen-bond donors (Lipinski definition) is 0. The van der Waals surface area contributed by atoms with Crippen molar-refractivity contribution in [3.05, 3.63) is 57.0 Å². The van der Waals surface area contributed by atoms with Gasteiger partial charge in [-0.1, -0.05) is 6.07 Å². The Bertz CT molecular complexity index is 636. The van der Waals surface area contributed by atoms with Gasteiger partial charge in [-0.2, -0.15) is 0 Å². The van der Waals surface area contributed by atoms with Gasteiger partial charge in [-0.25, -0.2) is 0 Å². The molecule has 2 aromatic rings. The number of benzene rings is 2. The molecule has 0 spiro atoms. The molecule has 0 atom stereocenters. The van der Waals surface area contributed by atoms with Crippen LogP contribution >= 0.6 is 0 Å². The predicted octanol–water partition coefficient (Wildman–Crippen LogP) is 2.65. The largest absolute Gasteiger partial charge is 0.316 e. The second-order valence-electron chi connectivity index (χ2n) is 3.40. The van der Waals surface area contributed by atoms with Crippen LogP contribution in [0.3, 0.4) is 0 Å². The van der Waals surface area contributed by atoms with Crippen LogP contribution in [0.15, 0.2) is 41.6 Å². The second-order valence-corrected chi connectivity index (χ2v) is 3.40. The zero-order chi connectivity index (χ0) is 12.4. The van der Waals surface area contributed by atoms with Gasteiger partial charge >= 0.3 is 5.91 Å². The van der Waals surface area contributed by atoms with Crippen molar-refractivity contribution < 1.29 is 9.72 Å².